The first-order valence-electron chi connectivity index (χ1n) is 12.4. The highest BCUT2D eigenvalue weighted by Gasteiger charge is 2.29. The largest absolute Gasteiger partial charge is 0.380 e. The summed E-state index contributed by atoms with van der Waals surface area (Å²) in [5.74, 6) is 0.294. The number of nitrogens with zero attached hydrogens (tertiary/aromatic N) is 7. The van der Waals surface area contributed by atoms with Gasteiger partial charge in [0.2, 0.25) is 0 Å². The van der Waals surface area contributed by atoms with Crippen molar-refractivity contribution in [1.82, 2.24) is 33.8 Å². The number of imidazole rings is 2. The number of carbonyl (C=O) groups excluding carboxylic acids is 1. The van der Waals surface area contributed by atoms with Crippen molar-refractivity contribution in [2.45, 2.75) is 44.1 Å². The van der Waals surface area contributed by atoms with Crippen LogP contribution in [0.3, 0.4) is 0 Å². The first kappa shape index (κ1) is 22.6. The Hall–Kier alpha value is -3.63. The monoisotopic (exact) mass is 519 g/mol. The number of aromatic nitrogens is 7. The number of ether oxygens (including phenoxy) is 1. The van der Waals surface area contributed by atoms with Crippen molar-refractivity contribution < 1.29 is 13.9 Å². The Kier molecular flexibility index (Phi) is 5.33. The first-order valence-corrected chi connectivity index (χ1v) is 12.7. The third-order valence-electron chi connectivity index (χ3n) is 7.18. The molecule has 37 heavy (non-hydrogen) atoms. The zero-order chi connectivity index (χ0) is 25.1. The molecule has 0 amide bonds. The number of ketones is 1. The minimum Gasteiger partial charge on any atom is -0.380 e. The van der Waals surface area contributed by atoms with Crippen LogP contribution in [0.1, 0.15) is 64.1 Å². The average molecular weight is 520 g/mol. The molecule has 0 unspecified atom stereocenters. The SMILES string of the molecule is O=C(CCc1ncn2ccc(Cl)c(F)c12)c1cn(Cc2cn3cc(C4CC4)cc(C4COC4)c3n2)nn1. The summed E-state index contributed by atoms with van der Waals surface area (Å²) < 4.78 is 25.2. The third kappa shape index (κ3) is 4.10. The number of fused-ring (bicyclic) bond motifs is 2. The minimum absolute atomic E-state index is 0.0207. The predicted octanol–water partition coefficient (Wildman–Crippen LogP) is 4.22. The number of aryl methyl sites for hydroxylation is 1. The van der Waals surface area contributed by atoms with Crippen LogP contribution in [0.5, 0.6) is 0 Å². The average Bonchev–Trinajstić information content (AvgIpc) is 3.26. The molecule has 0 radical (unpaired) electrons. The van der Waals surface area contributed by atoms with Gasteiger partial charge in [-0.25, -0.2) is 19.0 Å². The molecule has 11 heteroatoms. The second-order valence-corrected chi connectivity index (χ2v) is 10.3. The van der Waals surface area contributed by atoms with Gasteiger partial charge in [-0.3, -0.25) is 4.79 Å². The van der Waals surface area contributed by atoms with Gasteiger partial charge in [-0.1, -0.05) is 16.8 Å². The summed E-state index contributed by atoms with van der Waals surface area (Å²) in [5, 5.41) is 8.23. The third-order valence-corrected chi connectivity index (χ3v) is 7.48. The number of hydrogen-bond acceptors (Lipinski definition) is 6. The minimum atomic E-state index is -0.542. The highest BCUT2D eigenvalue weighted by Crippen LogP contribution is 2.42. The molecule has 0 bridgehead atoms. The second-order valence-electron chi connectivity index (χ2n) is 9.85. The Balaban J connectivity index is 1.07. The molecular formula is C26H23ClFN7O2. The molecule has 0 aromatic carbocycles. The second kappa shape index (κ2) is 8.74. The van der Waals surface area contributed by atoms with E-state index < -0.39 is 5.82 Å². The Morgan fingerprint density at radius 2 is 2.03 bits per heavy atom. The van der Waals surface area contributed by atoms with Crippen LogP contribution in [0.15, 0.2) is 43.2 Å². The van der Waals surface area contributed by atoms with E-state index in [2.05, 4.69) is 32.0 Å². The molecule has 6 heterocycles. The van der Waals surface area contributed by atoms with Crippen LogP contribution in [0, 0.1) is 5.82 Å². The van der Waals surface area contributed by atoms with E-state index in [1.54, 1.807) is 21.5 Å². The zero-order valence-electron chi connectivity index (χ0n) is 19.8. The molecule has 0 spiro atoms. The predicted molar refractivity (Wildman–Crippen MR) is 133 cm³/mol. The molecule has 2 fully saturated rings. The Morgan fingerprint density at radius 3 is 2.81 bits per heavy atom. The van der Waals surface area contributed by atoms with Crippen molar-refractivity contribution in [3.8, 4) is 0 Å². The van der Waals surface area contributed by atoms with Crippen molar-refractivity contribution in [2.75, 3.05) is 13.2 Å². The van der Waals surface area contributed by atoms with Crippen LogP contribution in [0.2, 0.25) is 5.02 Å². The smallest absolute Gasteiger partial charge is 0.185 e. The fraction of sp³-hybridized carbons (Fsp3) is 0.346. The van der Waals surface area contributed by atoms with E-state index in [1.165, 1.54) is 36.4 Å². The molecule has 188 valence electrons. The van der Waals surface area contributed by atoms with E-state index in [0.717, 1.165) is 24.6 Å². The number of carbonyl (C=O) groups is 1. The molecule has 1 saturated carbocycles. The van der Waals surface area contributed by atoms with Gasteiger partial charge in [0.1, 0.15) is 16.9 Å². The summed E-state index contributed by atoms with van der Waals surface area (Å²) in [7, 11) is 0. The highest BCUT2D eigenvalue weighted by molar-refractivity contribution is 6.31. The topological polar surface area (TPSA) is 91.6 Å². The number of rotatable bonds is 8. The highest BCUT2D eigenvalue weighted by atomic mass is 35.5. The molecule has 5 aromatic heterocycles. The molecule has 0 N–H and O–H groups in total. The standard InChI is InChI=1S/C26H23ClFN7O2/c27-20-5-6-33-14-29-21(25(33)24(20)28)3-4-23(36)22-11-35(32-31-22)10-18-9-34-8-16(15-1-2-15)7-19(26(34)30-18)17-12-37-13-17/h5-9,11,14-15,17H,1-4,10,12-13H2. The van der Waals surface area contributed by atoms with Crippen LogP contribution in [0.25, 0.3) is 11.2 Å². The maximum absolute atomic E-state index is 14.5. The number of halogens is 2. The molecular weight excluding hydrogens is 497 g/mol. The van der Waals surface area contributed by atoms with Crippen molar-refractivity contribution in [3.63, 3.8) is 0 Å². The van der Waals surface area contributed by atoms with E-state index in [-0.39, 0.29) is 34.9 Å². The van der Waals surface area contributed by atoms with E-state index in [9.17, 15) is 9.18 Å². The van der Waals surface area contributed by atoms with Crippen LogP contribution in [-0.2, 0) is 17.7 Å². The summed E-state index contributed by atoms with van der Waals surface area (Å²) >= 11 is 5.91. The molecule has 1 aliphatic carbocycles. The van der Waals surface area contributed by atoms with Crippen molar-refractivity contribution in [3.05, 3.63) is 82.3 Å². The maximum atomic E-state index is 14.5. The van der Waals surface area contributed by atoms with Gasteiger partial charge in [0.05, 0.1) is 48.7 Å². The fourth-order valence-electron chi connectivity index (χ4n) is 4.93. The lowest BCUT2D eigenvalue weighted by molar-refractivity contribution is 0.00877. The molecule has 1 aliphatic heterocycles. The van der Waals surface area contributed by atoms with Gasteiger partial charge in [0.25, 0.3) is 0 Å². The summed E-state index contributed by atoms with van der Waals surface area (Å²) in [5.41, 5.74) is 5.41. The quantitative estimate of drug-likeness (QED) is 0.285. The summed E-state index contributed by atoms with van der Waals surface area (Å²) in [6, 6.07) is 3.77. The van der Waals surface area contributed by atoms with Crippen molar-refractivity contribution in [1.29, 1.82) is 0 Å². The van der Waals surface area contributed by atoms with Crippen LogP contribution in [-0.4, -0.2) is 52.8 Å². The lowest BCUT2D eigenvalue weighted by Gasteiger charge is -2.27. The summed E-state index contributed by atoms with van der Waals surface area (Å²) in [6.45, 7) is 1.86. The Labute approximate surface area is 215 Å². The van der Waals surface area contributed by atoms with Crippen LogP contribution < -0.4 is 0 Å². The molecule has 2 aliphatic rings. The first-order chi connectivity index (χ1) is 18.0. The lowest BCUT2D eigenvalue weighted by Crippen LogP contribution is -2.25. The lowest BCUT2D eigenvalue weighted by atomic mass is 9.96. The van der Waals surface area contributed by atoms with Crippen molar-refractivity contribution in [2.24, 2.45) is 0 Å². The molecule has 1 saturated heterocycles. The summed E-state index contributed by atoms with van der Waals surface area (Å²) in [6.07, 6.45) is 11.9. The Bertz CT molecular complexity index is 1660. The van der Waals surface area contributed by atoms with Gasteiger partial charge in [-0.15, -0.1) is 5.10 Å². The molecule has 7 rings (SSSR count). The molecule has 9 nitrogen and oxygen atoms in total. The number of Topliss-reactive ketones (excluding diaryl/α,β-unsaturated/α-hetero) is 1. The molecule has 5 aromatic rings. The van der Waals surface area contributed by atoms with Crippen LogP contribution in [0.4, 0.5) is 4.39 Å². The van der Waals surface area contributed by atoms with Gasteiger partial charge in [-0.2, -0.15) is 0 Å². The summed E-state index contributed by atoms with van der Waals surface area (Å²) in [4.78, 5) is 21.9. The van der Waals surface area contributed by atoms with Crippen molar-refractivity contribution >= 4 is 28.5 Å². The van der Waals surface area contributed by atoms with E-state index in [4.69, 9.17) is 21.3 Å². The van der Waals surface area contributed by atoms with E-state index in [0.29, 0.717) is 24.1 Å². The van der Waals surface area contributed by atoms with Gasteiger partial charge in [-0.05, 0) is 42.9 Å². The van der Waals surface area contributed by atoms with E-state index >= 15 is 0 Å². The number of hydrogen-bond donors (Lipinski definition) is 0. The normalized spacial score (nSPS) is 16.1. The Morgan fingerprint density at radius 1 is 1.16 bits per heavy atom. The van der Waals surface area contributed by atoms with Gasteiger partial charge >= 0.3 is 0 Å². The van der Waals surface area contributed by atoms with Gasteiger partial charge in [0, 0.05) is 36.5 Å². The molecule has 0 atom stereocenters. The van der Waals surface area contributed by atoms with E-state index in [1.807, 2.05) is 6.20 Å². The van der Waals surface area contributed by atoms with Gasteiger partial charge < -0.3 is 13.5 Å². The fourth-order valence-corrected chi connectivity index (χ4v) is 5.07. The number of pyridine rings is 2. The van der Waals surface area contributed by atoms with Crippen LogP contribution >= 0.6 is 11.6 Å². The van der Waals surface area contributed by atoms with Gasteiger partial charge in [0.15, 0.2) is 11.6 Å². The maximum Gasteiger partial charge on any atom is 0.185 e. The zero-order valence-corrected chi connectivity index (χ0v) is 20.6.